The number of rotatable bonds is 5. The molecule has 1 aliphatic heterocycles. The zero-order chi connectivity index (χ0) is 29.6. The number of likely N-dealkylation sites (tertiary alicyclic amines) is 1. The number of nitrogens with one attached hydrogen (secondary N) is 2. The number of pyridine rings is 1. The van der Waals surface area contributed by atoms with Crippen molar-refractivity contribution in [3.05, 3.63) is 78.6 Å². The number of hydrogen-bond acceptors (Lipinski definition) is 5. The van der Waals surface area contributed by atoms with Crippen LogP contribution >= 0.6 is 0 Å². The summed E-state index contributed by atoms with van der Waals surface area (Å²) in [6, 6.07) is 18.9. The minimum absolute atomic E-state index is 0.104. The number of hydrogen-bond donors (Lipinski definition) is 2. The third-order valence-corrected chi connectivity index (χ3v) is 8.62. The zero-order valence-electron chi connectivity index (χ0n) is 25.1. The van der Waals surface area contributed by atoms with Crippen molar-refractivity contribution in [1.82, 2.24) is 29.8 Å². The second kappa shape index (κ2) is 11.0. The third kappa shape index (κ3) is 5.66. The average molecular weight is 575 g/mol. The predicted molar refractivity (Wildman–Crippen MR) is 168 cm³/mol. The molecule has 1 atom stereocenters. The summed E-state index contributed by atoms with van der Waals surface area (Å²) < 4.78 is 5.63. The first-order valence-corrected chi connectivity index (χ1v) is 15.4. The standard InChI is InChI=1S/C35H38N6O2/c1-35(2,3)43-34(42)41-18-6-9-31(41)33-37-20-29(40-33)23-12-10-22(11-13-23)27-16-14-25-19-26(15-17-28(25)38-27)30-21-36-32(39-30)24-7-4-5-8-24/h10-17,19-21,24,31H,4-9,18H2,1-3H3,(H,36,39)(H,37,40). The number of amides is 1. The van der Waals surface area contributed by atoms with Gasteiger partial charge in [0.1, 0.15) is 17.2 Å². The Kier molecular flexibility index (Phi) is 7.00. The van der Waals surface area contributed by atoms with E-state index in [1.165, 1.54) is 25.7 Å². The molecule has 2 N–H and O–H groups in total. The number of carbonyl (C=O) groups excluding carboxylic acids is 1. The van der Waals surface area contributed by atoms with Gasteiger partial charge in [0, 0.05) is 29.0 Å². The van der Waals surface area contributed by atoms with Crippen molar-refractivity contribution in [3.8, 4) is 33.8 Å². The van der Waals surface area contributed by atoms with Crippen LogP contribution in [-0.4, -0.2) is 48.1 Å². The molecule has 0 spiro atoms. The molecule has 1 aliphatic carbocycles. The fraction of sp³-hybridized carbons (Fsp3) is 0.371. The summed E-state index contributed by atoms with van der Waals surface area (Å²) >= 11 is 0. The van der Waals surface area contributed by atoms with Crippen molar-refractivity contribution in [2.75, 3.05) is 6.54 Å². The van der Waals surface area contributed by atoms with Gasteiger partial charge in [-0.05, 0) is 70.2 Å². The number of fused-ring (bicyclic) bond motifs is 1. The van der Waals surface area contributed by atoms with Crippen LogP contribution in [0.15, 0.2) is 67.0 Å². The van der Waals surface area contributed by atoms with Crippen molar-refractivity contribution in [3.63, 3.8) is 0 Å². The molecule has 2 aromatic carbocycles. The van der Waals surface area contributed by atoms with Crippen LogP contribution < -0.4 is 0 Å². The minimum Gasteiger partial charge on any atom is -0.444 e. The number of ether oxygens (including phenoxy) is 1. The highest BCUT2D eigenvalue weighted by atomic mass is 16.6. The topological polar surface area (TPSA) is 99.8 Å². The van der Waals surface area contributed by atoms with Crippen molar-refractivity contribution in [2.24, 2.45) is 0 Å². The maximum absolute atomic E-state index is 12.8. The van der Waals surface area contributed by atoms with Crippen molar-refractivity contribution in [2.45, 2.75) is 76.9 Å². The van der Waals surface area contributed by atoms with Crippen LogP contribution in [0.5, 0.6) is 0 Å². The Bertz CT molecular complexity index is 1760. The van der Waals surface area contributed by atoms with E-state index in [0.29, 0.717) is 12.5 Å². The van der Waals surface area contributed by atoms with Crippen molar-refractivity contribution < 1.29 is 9.53 Å². The maximum atomic E-state index is 12.8. The van der Waals surface area contributed by atoms with Gasteiger partial charge in [-0.15, -0.1) is 0 Å². The molecule has 0 radical (unpaired) electrons. The first-order chi connectivity index (χ1) is 20.8. The van der Waals surface area contributed by atoms with E-state index in [9.17, 15) is 4.79 Å². The highest BCUT2D eigenvalue weighted by Gasteiger charge is 2.34. The molecule has 7 rings (SSSR count). The van der Waals surface area contributed by atoms with Crippen molar-refractivity contribution >= 4 is 17.0 Å². The highest BCUT2D eigenvalue weighted by molar-refractivity contribution is 5.86. The first kappa shape index (κ1) is 27.4. The maximum Gasteiger partial charge on any atom is 0.410 e. The van der Waals surface area contributed by atoms with Crippen LogP contribution in [0.25, 0.3) is 44.7 Å². The molecule has 8 nitrogen and oxygen atoms in total. The monoisotopic (exact) mass is 574 g/mol. The fourth-order valence-corrected chi connectivity index (χ4v) is 6.41. The molecule has 220 valence electrons. The lowest BCUT2D eigenvalue weighted by Gasteiger charge is -2.27. The van der Waals surface area contributed by atoms with E-state index in [1.807, 2.05) is 33.2 Å². The average Bonchev–Trinajstić information content (AvgIpc) is 3.82. The SMILES string of the molecule is CC(C)(C)OC(=O)N1CCCC1c1ncc(-c2ccc(-c3ccc4cc(-c5cnc(C6CCCC6)[nH]5)ccc4n3)cc2)[nH]1. The van der Waals surface area contributed by atoms with E-state index in [-0.39, 0.29) is 12.1 Å². The molecular weight excluding hydrogens is 536 g/mol. The Labute approximate surface area is 251 Å². The number of imidazole rings is 2. The summed E-state index contributed by atoms with van der Waals surface area (Å²) in [7, 11) is 0. The molecule has 1 unspecified atom stereocenters. The molecule has 2 fully saturated rings. The van der Waals surface area contributed by atoms with Crippen LogP contribution in [-0.2, 0) is 4.74 Å². The number of H-pyrrole nitrogens is 2. The first-order valence-electron chi connectivity index (χ1n) is 15.4. The van der Waals surface area contributed by atoms with Crippen LogP contribution in [0.2, 0.25) is 0 Å². The Hall–Kier alpha value is -4.46. The van der Waals surface area contributed by atoms with Crippen LogP contribution in [0.1, 0.15) is 82.9 Å². The molecule has 3 aromatic heterocycles. The van der Waals surface area contributed by atoms with Crippen LogP contribution in [0.4, 0.5) is 4.79 Å². The van der Waals surface area contributed by atoms with Gasteiger partial charge in [-0.3, -0.25) is 4.90 Å². The normalized spacial score (nSPS) is 17.7. The van der Waals surface area contributed by atoms with Gasteiger partial charge in [-0.2, -0.15) is 0 Å². The summed E-state index contributed by atoms with van der Waals surface area (Å²) in [6.07, 6.45) is 10.4. The second-order valence-corrected chi connectivity index (χ2v) is 12.9. The quantitative estimate of drug-likeness (QED) is 0.219. The third-order valence-electron chi connectivity index (χ3n) is 8.62. The van der Waals surface area contributed by atoms with Gasteiger partial charge in [0.05, 0.1) is 41.0 Å². The smallest absolute Gasteiger partial charge is 0.410 e. The summed E-state index contributed by atoms with van der Waals surface area (Å²) in [5.41, 5.74) is 6.58. The summed E-state index contributed by atoms with van der Waals surface area (Å²) in [5, 5.41) is 1.10. The Morgan fingerprint density at radius 2 is 1.49 bits per heavy atom. The Morgan fingerprint density at radius 3 is 2.26 bits per heavy atom. The van der Waals surface area contributed by atoms with Crippen LogP contribution in [0.3, 0.4) is 0 Å². The van der Waals surface area contributed by atoms with E-state index in [2.05, 4.69) is 74.5 Å². The molecule has 43 heavy (non-hydrogen) atoms. The number of aromatic amines is 2. The van der Waals surface area contributed by atoms with Gasteiger partial charge in [0.25, 0.3) is 0 Å². The Morgan fingerprint density at radius 1 is 0.814 bits per heavy atom. The van der Waals surface area contributed by atoms with Gasteiger partial charge in [0.15, 0.2) is 0 Å². The van der Waals surface area contributed by atoms with Crippen LogP contribution in [0, 0.1) is 0 Å². The lowest BCUT2D eigenvalue weighted by Crippen LogP contribution is -2.36. The van der Waals surface area contributed by atoms with E-state index >= 15 is 0 Å². The number of carbonyl (C=O) groups is 1. The fourth-order valence-electron chi connectivity index (χ4n) is 6.41. The van der Waals surface area contributed by atoms with Gasteiger partial charge in [0.2, 0.25) is 0 Å². The lowest BCUT2D eigenvalue weighted by atomic mass is 10.0. The molecule has 2 aliphatic rings. The number of aromatic nitrogens is 5. The molecular formula is C35H38N6O2. The van der Waals surface area contributed by atoms with E-state index < -0.39 is 5.60 Å². The van der Waals surface area contributed by atoms with E-state index in [1.54, 1.807) is 4.90 Å². The Balaban J connectivity index is 1.06. The molecule has 4 heterocycles. The van der Waals surface area contributed by atoms with Gasteiger partial charge < -0.3 is 14.7 Å². The molecule has 0 bridgehead atoms. The van der Waals surface area contributed by atoms with Gasteiger partial charge in [-0.1, -0.05) is 49.2 Å². The zero-order valence-corrected chi connectivity index (χ0v) is 25.1. The van der Waals surface area contributed by atoms with E-state index in [4.69, 9.17) is 9.72 Å². The molecule has 5 aromatic rings. The summed E-state index contributed by atoms with van der Waals surface area (Å²) in [5.74, 6) is 2.49. The summed E-state index contributed by atoms with van der Waals surface area (Å²) in [4.78, 5) is 35.8. The minimum atomic E-state index is -0.526. The lowest BCUT2D eigenvalue weighted by molar-refractivity contribution is 0.0218. The molecule has 1 saturated heterocycles. The van der Waals surface area contributed by atoms with Crippen molar-refractivity contribution in [1.29, 1.82) is 0 Å². The number of nitrogens with zero attached hydrogens (tertiary/aromatic N) is 4. The van der Waals surface area contributed by atoms with E-state index in [0.717, 1.165) is 69.2 Å². The predicted octanol–water partition coefficient (Wildman–Crippen LogP) is 8.41. The summed E-state index contributed by atoms with van der Waals surface area (Å²) in [6.45, 7) is 6.35. The van der Waals surface area contributed by atoms with Gasteiger partial charge in [-0.25, -0.2) is 19.7 Å². The molecule has 8 heteroatoms. The second-order valence-electron chi connectivity index (χ2n) is 12.9. The molecule has 1 amide bonds. The largest absolute Gasteiger partial charge is 0.444 e. The molecule has 1 saturated carbocycles. The highest BCUT2D eigenvalue weighted by Crippen LogP contribution is 2.35. The number of benzene rings is 2. The van der Waals surface area contributed by atoms with Gasteiger partial charge >= 0.3 is 6.09 Å².